The summed E-state index contributed by atoms with van der Waals surface area (Å²) in [6.45, 7) is 0.00505. The molecule has 3 N–H and O–H groups in total. The standard InChI is InChI=1S/C10H19NO3/c11-14-9-5-8(13-10(9)6-12)7-3-1-2-4-7/h7-10,12H,1-6,11H2/t8-,9?,10-/m1/s1. The first-order valence-electron chi connectivity index (χ1n) is 5.47. The van der Waals surface area contributed by atoms with Crippen LogP contribution in [0.4, 0.5) is 0 Å². The van der Waals surface area contributed by atoms with E-state index in [-0.39, 0.29) is 24.9 Å². The lowest BCUT2D eigenvalue weighted by Gasteiger charge is -2.17. The number of aliphatic hydroxyl groups excluding tert-OH is 1. The van der Waals surface area contributed by atoms with Crippen molar-refractivity contribution in [3.8, 4) is 0 Å². The van der Waals surface area contributed by atoms with Crippen molar-refractivity contribution in [3.63, 3.8) is 0 Å². The van der Waals surface area contributed by atoms with Gasteiger partial charge in [0.2, 0.25) is 0 Å². The van der Waals surface area contributed by atoms with E-state index in [4.69, 9.17) is 20.6 Å². The summed E-state index contributed by atoms with van der Waals surface area (Å²) in [6, 6.07) is 0. The second kappa shape index (κ2) is 4.57. The summed E-state index contributed by atoms with van der Waals surface area (Å²) in [5.41, 5.74) is 0. The van der Waals surface area contributed by atoms with Gasteiger partial charge in [-0.15, -0.1) is 0 Å². The maximum absolute atomic E-state index is 9.07. The Morgan fingerprint density at radius 3 is 2.57 bits per heavy atom. The van der Waals surface area contributed by atoms with E-state index in [0.29, 0.717) is 5.92 Å². The molecule has 1 saturated carbocycles. The molecule has 1 saturated heterocycles. The SMILES string of the molecule is NOC1C[C@H](C2CCCC2)O[C@@H]1CO. The topological polar surface area (TPSA) is 64.7 Å². The Hall–Kier alpha value is -0.160. The van der Waals surface area contributed by atoms with Crippen LogP contribution in [0.3, 0.4) is 0 Å². The van der Waals surface area contributed by atoms with E-state index in [2.05, 4.69) is 0 Å². The van der Waals surface area contributed by atoms with Gasteiger partial charge < -0.3 is 9.84 Å². The highest BCUT2D eigenvalue weighted by Crippen LogP contribution is 2.36. The Morgan fingerprint density at radius 2 is 2.07 bits per heavy atom. The quantitative estimate of drug-likeness (QED) is 0.656. The summed E-state index contributed by atoms with van der Waals surface area (Å²) in [6.07, 6.45) is 5.87. The van der Waals surface area contributed by atoms with Gasteiger partial charge in [0.15, 0.2) is 0 Å². The Bertz CT molecular complexity index is 170. The molecule has 82 valence electrons. The molecular formula is C10H19NO3. The van der Waals surface area contributed by atoms with Crippen LogP contribution in [0.1, 0.15) is 32.1 Å². The smallest absolute Gasteiger partial charge is 0.110 e. The molecule has 2 aliphatic rings. The first-order chi connectivity index (χ1) is 6.85. The van der Waals surface area contributed by atoms with Crippen LogP contribution in [0.2, 0.25) is 0 Å². The van der Waals surface area contributed by atoms with Gasteiger partial charge in [0.1, 0.15) is 12.2 Å². The number of hydrogen-bond donors (Lipinski definition) is 2. The minimum atomic E-state index is -0.217. The number of aliphatic hydroxyl groups is 1. The lowest BCUT2D eigenvalue weighted by Crippen LogP contribution is -2.29. The molecule has 14 heavy (non-hydrogen) atoms. The number of ether oxygens (including phenoxy) is 1. The van der Waals surface area contributed by atoms with Crippen LogP contribution >= 0.6 is 0 Å². The number of nitrogens with two attached hydrogens (primary N) is 1. The molecule has 0 aromatic carbocycles. The van der Waals surface area contributed by atoms with Gasteiger partial charge >= 0.3 is 0 Å². The average Bonchev–Trinajstić information content (AvgIpc) is 2.85. The fraction of sp³-hybridized carbons (Fsp3) is 1.00. The predicted molar refractivity (Wildman–Crippen MR) is 51.4 cm³/mol. The van der Waals surface area contributed by atoms with Gasteiger partial charge in [-0.3, -0.25) is 4.84 Å². The molecule has 1 aliphatic carbocycles. The van der Waals surface area contributed by atoms with Crippen molar-refractivity contribution < 1.29 is 14.7 Å². The second-order valence-electron chi connectivity index (χ2n) is 4.35. The van der Waals surface area contributed by atoms with Gasteiger partial charge in [-0.05, 0) is 18.8 Å². The summed E-state index contributed by atoms with van der Waals surface area (Å²) in [5.74, 6) is 5.83. The summed E-state index contributed by atoms with van der Waals surface area (Å²) < 4.78 is 5.74. The third-order valence-corrected chi connectivity index (χ3v) is 3.51. The molecule has 2 fully saturated rings. The molecule has 0 radical (unpaired) electrons. The van der Waals surface area contributed by atoms with Crippen LogP contribution in [0, 0.1) is 5.92 Å². The van der Waals surface area contributed by atoms with Crippen LogP contribution < -0.4 is 5.90 Å². The van der Waals surface area contributed by atoms with E-state index in [1.165, 1.54) is 25.7 Å². The number of hydrogen-bond acceptors (Lipinski definition) is 4. The van der Waals surface area contributed by atoms with E-state index < -0.39 is 0 Å². The molecule has 0 amide bonds. The zero-order valence-electron chi connectivity index (χ0n) is 8.39. The fourth-order valence-corrected chi connectivity index (χ4v) is 2.68. The normalized spacial score (nSPS) is 39.4. The summed E-state index contributed by atoms with van der Waals surface area (Å²) in [5, 5.41) is 9.07. The molecule has 0 aromatic heterocycles. The Morgan fingerprint density at radius 1 is 1.36 bits per heavy atom. The molecule has 3 atom stereocenters. The highest BCUT2D eigenvalue weighted by atomic mass is 16.6. The third-order valence-electron chi connectivity index (χ3n) is 3.51. The van der Waals surface area contributed by atoms with Gasteiger partial charge in [-0.1, -0.05) is 12.8 Å². The Kier molecular flexibility index (Phi) is 3.38. The molecule has 1 aliphatic heterocycles. The van der Waals surface area contributed by atoms with Crippen LogP contribution in [-0.4, -0.2) is 30.0 Å². The third kappa shape index (κ3) is 1.93. The van der Waals surface area contributed by atoms with Crippen LogP contribution in [-0.2, 0) is 9.57 Å². The minimum absolute atomic E-state index is 0.00505. The van der Waals surface area contributed by atoms with E-state index in [1.807, 2.05) is 0 Å². The lowest BCUT2D eigenvalue weighted by atomic mass is 9.97. The van der Waals surface area contributed by atoms with Crippen molar-refractivity contribution in [1.29, 1.82) is 0 Å². The molecule has 0 spiro atoms. The zero-order valence-corrected chi connectivity index (χ0v) is 8.39. The maximum atomic E-state index is 9.07. The average molecular weight is 201 g/mol. The first kappa shape index (κ1) is 10.4. The summed E-state index contributed by atoms with van der Waals surface area (Å²) in [7, 11) is 0. The van der Waals surface area contributed by atoms with Crippen molar-refractivity contribution in [2.24, 2.45) is 11.8 Å². The fourth-order valence-electron chi connectivity index (χ4n) is 2.68. The maximum Gasteiger partial charge on any atom is 0.110 e. The molecule has 4 nitrogen and oxygen atoms in total. The molecule has 1 unspecified atom stereocenters. The van der Waals surface area contributed by atoms with E-state index in [9.17, 15) is 0 Å². The van der Waals surface area contributed by atoms with E-state index in [0.717, 1.165) is 6.42 Å². The summed E-state index contributed by atoms with van der Waals surface area (Å²) in [4.78, 5) is 4.82. The molecule has 0 aromatic rings. The molecule has 4 heteroatoms. The van der Waals surface area contributed by atoms with Gasteiger partial charge in [0, 0.05) is 6.42 Å². The van der Waals surface area contributed by atoms with E-state index >= 15 is 0 Å². The van der Waals surface area contributed by atoms with Gasteiger partial charge in [-0.2, -0.15) is 0 Å². The van der Waals surface area contributed by atoms with Crippen LogP contribution in [0.5, 0.6) is 0 Å². The first-order valence-corrected chi connectivity index (χ1v) is 5.47. The Balaban J connectivity index is 1.90. The highest BCUT2D eigenvalue weighted by Gasteiger charge is 2.39. The van der Waals surface area contributed by atoms with Crippen LogP contribution in [0.25, 0.3) is 0 Å². The van der Waals surface area contributed by atoms with Crippen molar-refractivity contribution in [2.45, 2.75) is 50.4 Å². The molecule has 1 heterocycles. The van der Waals surface area contributed by atoms with Crippen LogP contribution in [0.15, 0.2) is 0 Å². The van der Waals surface area contributed by atoms with Crippen molar-refractivity contribution in [1.82, 2.24) is 0 Å². The zero-order chi connectivity index (χ0) is 9.97. The minimum Gasteiger partial charge on any atom is -0.394 e. The Labute approximate surface area is 84.3 Å². The monoisotopic (exact) mass is 201 g/mol. The lowest BCUT2D eigenvalue weighted by molar-refractivity contribution is -0.0569. The summed E-state index contributed by atoms with van der Waals surface area (Å²) >= 11 is 0. The molecule has 0 bridgehead atoms. The van der Waals surface area contributed by atoms with E-state index in [1.54, 1.807) is 0 Å². The number of rotatable bonds is 3. The van der Waals surface area contributed by atoms with Crippen molar-refractivity contribution in [3.05, 3.63) is 0 Å². The predicted octanol–water partition coefficient (Wildman–Crippen LogP) is 0.585. The van der Waals surface area contributed by atoms with Gasteiger partial charge in [0.05, 0.1) is 12.7 Å². The van der Waals surface area contributed by atoms with Gasteiger partial charge in [-0.25, -0.2) is 5.90 Å². The molecule has 2 rings (SSSR count). The highest BCUT2D eigenvalue weighted by molar-refractivity contribution is 4.88. The second-order valence-corrected chi connectivity index (χ2v) is 4.35. The van der Waals surface area contributed by atoms with Gasteiger partial charge in [0.25, 0.3) is 0 Å². The van der Waals surface area contributed by atoms with Crippen molar-refractivity contribution in [2.75, 3.05) is 6.61 Å². The molecular weight excluding hydrogens is 182 g/mol. The largest absolute Gasteiger partial charge is 0.394 e. The van der Waals surface area contributed by atoms with Crippen molar-refractivity contribution >= 4 is 0 Å².